The second kappa shape index (κ2) is 5.18. The Hall–Kier alpha value is -2.40. The Morgan fingerprint density at radius 3 is 2.67 bits per heavy atom. The number of hydrogen-bond acceptors (Lipinski definition) is 3. The number of aromatic nitrogens is 2. The molecule has 0 aliphatic heterocycles. The van der Waals surface area contributed by atoms with Crippen molar-refractivity contribution in [2.24, 2.45) is 0 Å². The zero-order chi connectivity index (χ0) is 15.0. The lowest BCUT2D eigenvalue weighted by molar-refractivity contribution is -0.385. The zero-order valence-corrected chi connectivity index (χ0v) is 12.0. The normalized spacial score (nSPS) is 11.0. The summed E-state index contributed by atoms with van der Waals surface area (Å²) in [7, 11) is 0. The number of nitro benzene ring substituents is 1. The van der Waals surface area contributed by atoms with Crippen LogP contribution in [0.4, 0.5) is 5.69 Å². The van der Waals surface area contributed by atoms with Crippen LogP contribution in [0.25, 0.3) is 10.9 Å². The first-order chi connectivity index (χ1) is 10.0. The summed E-state index contributed by atoms with van der Waals surface area (Å²) in [4.78, 5) is 10.6. The van der Waals surface area contributed by atoms with Gasteiger partial charge < -0.3 is 0 Å². The van der Waals surface area contributed by atoms with Crippen LogP contribution in [0.5, 0.6) is 0 Å². The van der Waals surface area contributed by atoms with Crippen molar-refractivity contribution in [3.63, 3.8) is 0 Å². The topological polar surface area (TPSA) is 61.0 Å². The number of rotatable bonds is 3. The van der Waals surface area contributed by atoms with Gasteiger partial charge in [0.15, 0.2) is 0 Å². The molecule has 6 heteroatoms. The van der Waals surface area contributed by atoms with Crippen molar-refractivity contribution in [1.82, 2.24) is 9.78 Å². The maximum absolute atomic E-state index is 11.0. The summed E-state index contributed by atoms with van der Waals surface area (Å²) in [5.41, 5.74) is 2.56. The SMILES string of the molecule is Cc1cc2nn(Cc3ccc(Cl)cc3)cc2cc1[N+](=O)[O-]. The number of aryl methyl sites for hydroxylation is 1. The van der Waals surface area contributed by atoms with E-state index in [4.69, 9.17) is 11.6 Å². The second-order valence-corrected chi connectivity index (χ2v) is 5.34. The van der Waals surface area contributed by atoms with Gasteiger partial charge in [-0.15, -0.1) is 0 Å². The Balaban J connectivity index is 1.97. The van der Waals surface area contributed by atoms with Crippen molar-refractivity contribution >= 4 is 28.2 Å². The Kier molecular flexibility index (Phi) is 3.35. The number of halogens is 1. The summed E-state index contributed by atoms with van der Waals surface area (Å²) in [6.45, 7) is 2.31. The summed E-state index contributed by atoms with van der Waals surface area (Å²) in [6, 6.07) is 10.8. The van der Waals surface area contributed by atoms with Crippen LogP contribution in [-0.4, -0.2) is 14.7 Å². The molecule has 0 saturated heterocycles. The molecule has 0 bridgehead atoms. The van der Waals surface area contributed by atoms with Crippen molar-refractivity contribution in [3.05, 3.63) is 68.9 Å². The molecule has 0 unspecified atom stereocenters. The lowest BCUT2D eigenvalue weighted by atomic mass is 10.1. The van der Waals surface area contributed by atoms with Gasteiger partial charge in [-0.1, -0.05) is 23.7 Å². The summed E-state index contributed by atoms with van der Waals surface area (Å²) < 4.78 is 1.77. The maximum Gasteiger partial charge on any atom is 0.273 e. The van der Waals surface area contributed by atoms with Crippen LogP contribution in [0.3, 0.4) is 0 Å². The number of fused-ring (bicyclic) bond motifs is 1. The van der Waals surface area contributed by atoms with Gasteiger partial charge in [0.05, 0.1) is 17.0 Å². The number of benzene rings is 2. The molecule has 106 valence electrons. The van der Waals surface area contributed by atoms with Crippen molar-refractivity contribution in [2.45, 2.75) is 13.5 Å². The lowest BCUT2D eigenvalue weighted by Gasteiger charge is -2.01. The highest BCUT2D eigenvalue weighted by molar-refractivity contribution is 6.30. The van der Waals surface area contributed by atoms with Crippen LogP contribution < -0.4 is 0 Å². The predicted molar refractivity (Wildman–Crippen MR) is 81.7 cm³/mol. The maximum atomic E-state index is 11.0. The van der Waals surface area contributed by atoms with Crippen molar-refractivity contribution in [2.75, 3.05) is 0 Å². The van der Waals surface area contributed by atoms with E-state index in [0.717, 1.165) is 16.5 Å². The number of nitrogens with zero attached hydrogens (tertiary/aromatic N) is 3. The predicted octanol–water partition coefficient (Wildman–Crippen LogP) is 3.95. The molecule has 0 saturated carbocycles. The van der Waals surface area contributed by atoms with E-state index in [1.54, 1.807) is 23.7 Å². The van der Waals surface area contributed by atoms with Gasteiger partial charge in [-0.25, -0.2) is 0 Å². The molecule has 1 aromatic heterocycles. The standard InChI is InChI=1S/C15H12ClN3O2/c1-10-6-14-12(7-15(10)19(20)21)9-18(17-14)8-11-2-4-13(16)5-3-11/h2-7,9H,8H2,1H3. The highest BCUT2D eigenvalue weighted by Crippen LogP contribution is 2.24. The third-order valence-corrected chi connectivity index (χ3v) is 3.58. The minimum absolute atomic E-state index is 0.119. The molecule has 0 fully saturated rings. The summed E-state index contributed by atoms with van der Waals surface area (Å²) in [6.07, 6.45) is 1.82. The van der Waals surface area contributed by atoms with E-state index in [1.807, 2.05) is 30.5 Å². The molecule has 0 aliphatic carbocycles. The fourth-order valence-corrected chi connectivity index (χ4v) is 2.40. The van der Waals surface area contributed by atoms with E-state index in [9.17, 15) is 10.1 Å². The molecule has 3 aromatic rings. The molecule has 5 nitrogen and oxygen atoms in total. The Morgan fingerprint density at radius 2 is 2.00 bits per heavy atom. The Labute approximate surface area is 125 Å². The van der Waals surface area contributed by atoms with Crippen LogP contribution in [0, 0.1) is 17.0 Å². The molecule has 0 amide bonds. The largest absolute Gasteiger partial charge is 0.273 e. The molecule has 1 heterocycles. The van der Waals surface area contributed by atoms with Gasteiger partial charge in [-0.2, -0.15) is 5.10 Å². The van der Waals surface area contributed by atoms with Crippen LogP contribution in [0.15, 0.2) is 42.6 Å². The van der Waals surface area contributed by atoms with Crippen LogP contribution >= 0.6 is 11.6 Å². The van der Waals surface area contributed by atoms with Gasteiger partial charge in [0.1, 0.15) is 0 Å². The first kappa shape index (κ1) is 13.6. The molecule has 0 aliphatic rings. The molecule has 0 N–H and O–H groups in total. The van der Waals surface area contributed by atoms with Gasteiger partial charge in [-0.05, 0) is 30.7 Å². The third kappa shape index (κ3) is 2.73. The van der Waals surface area contributed by atoms with Gasteiger partial charge in [0.2, 0.25) is 0 Å². The molecule has 0 spiro atoms. The average Bonchev–Trinajstić information content (AvgIpc) is 2.81. The minimum atomic E-state index is -0.370. The average molecular weight is 302 g/mol. The fraction of sp³-hybridized carbons (Fsp3) is 0.133. The number of hydrogen-bond donors (Lipinski definition) is 0. The summed E-state index contributed by atoms with van der Waals surface area (Å²) in [5.74, 6) is 0. The second-order valence-electron chi connectivity index (χ2n) is 4.91. The van der Waals surface area contributed by atoms with Crippen LogP contribution in [0.2, 0.25) is 5.02 Å². The monoisotopic (exact) mass is 301 g/mol. The number of nitro groups is 1. The Morgan fingerprint density at radius 1 is 1.29 bits per heavy atom. The summed E-state index contributed by atoms with van der Waals surface area (Å²) >= 11 is 5.86. The van der Waals surface area contributed by atoms with E-state index < -0.39 is 0 Å². The van der Waals surface area contributed by atoms with Crippen molar-refractivity contribution in [1.29, 1.82) is 0 Å². The van der Waals surface area contributed by atoms with Gasteiger partial charge in [-0.3, -0.25) is 14.8 Å². The van der Waals surface area contributed by atoms with Gasteiger partial charge in [0, 0.05) is 28.2 Å². The van der Waals surface area contributed by atoms with Crippen LogP contribution in [-0.2, 0) is 6.54 Å². The fourth-order valence-electron chi connectivity index (χ4n) is 2.27. The quantitative estimate of drug-likeness (QED) is 0.543. The summed E-state index contributed by atoms with van der Waals surface area (Å²) in [5, 5.41) is 16.9. The highest BCUT2D eigenvalue weighted by atomic mass is 35.5. The van der Waals surface area contributed by atoms with Gasteiger partial charge >= 0.3 is 0 Å². The van der Waals surface area contributed by atoms with Gasteiger partial charge in [0.25, 0.3) is 5.69 Å². The molecule has 0 atom stereocenters. The Bertz CT molecular complexity index is 825. The van der Waals surface area contributed by atoms with E-state index >= 15 is 0 Å². The molecular formula is C15H12ClN3O2. The highest BCUT2D eigenvalue weighted by Gasteiger charge is 2.13. The lowest BCUT2D eigenvalue weighted by Crippen LogP contribution is -1.99. The molecule has 2 aromatic carbocycles. The van der Waals surface area contributed by atoms with E-state index in [2.05, 4.69) is 5.10 Å². The molecule has 3 rings (SSSR count). The molecule has 21 heavy (non-hydrogen) atoms. The van der Waals surface area contributed by atoms with E-state index in [0.29, 0.717) is 17.1 Å². The minimum Gasteiger partial charge on any atom is -0.267 e. The zero-order valence-electron chi connectivity index (χ0n) is 11.3. The molecular weight excluding hydrogens is 290 g/mol. The van der Waals surface area contributed by atoms with Crippen LogP contribution in [0.1, 0.15) is 11.1 Å². The first-order valence-electron chi connectivity index (χ1n) is 6.39. The first-order valence-corrected chi connectivity index (χ1v) is 6.77. The van der Waals surface area contributed by atoms with E-state index in [-0.39, 0.29) is 10.6 Å². The molecule has 0 radical (unpaired) electrons. The van der Waals surface area contributed by atoms with E-state index in [1.165, 1.54) is 0 Å². The smallest absolute Gasteiger partial charge is 0.267 e. The van der Waals surface area contributed by atoms with Crippen molar-refractivity contribution in [3.8, 4) is 0 Å². The van der Waals surface area contributed by atoms with Crippen molar-refractivity contribution < 1.29 is 4.92 Å². The third-order valence-electron chi connectivity index (χ3n) is 3.32.